The van der Waals surface area contributed by atoms with E-state index in [-0.39, 0.29) is 6.61 Å². The molecule has 0 spiro atoms. The van der Waals surface area contributed by atoms with E-state index in [0.29, 0.717) is 0 Å². The highest BCUT2D eigenvalue weighted by Gasteiger charge is 2.28. The van der Waals surface area contributed by atoms with Gasteiger partial charge in [0.25, 0.3) is 0 Å². The second-order valence-electron chi connectivity index (χ2n) is 4.15. The predicted octanol–water partition coefficient (Wildman–Crippen LogP) is 1.16. The first-order valence-corrected chi connectivity index (χ1v) is 8.22. The molecule has 0 aliphatic carbocycles. The maximum Gasteiger partial charge on any atom is 0.397 e. The molecule has 0 aromatic heterocycles. The lowest BCUT2D eigenvalue weighted by Gasteiger charge is -2.41. The summed E-state index contributed by atoms with van der Waals surface area (Å²) in [6.45, 7) is 5.90. The minimum Gasteiger partial charge on any atom is -0.313 e. The molecule has 0 radical (unpaired) electrons. The van der Waals surface area contributed by atoms with E-state index < -0.39 is 10.4 Å². The molecular weight excluding hydrogens is 296 g/mol. The third-order valence-corrected chi connectivity index (χ3v) is 4.91. The third-order valence-electron chi connectivity index (χ3n) is 2.40. The molecule has 0 aromatic rings. The zero-order chi connectivity index (χ0) is 14.4. The Morgan fingerprint density at radius 3 is 2.39 bits per heavy atom. The van der Waals surface area contributed by atoms with E-state index >= 15 is 0 Å². The van der Waals surface area contributed by atoms with Gasteiger partial charge in [-0.25, -0.2) is 4.18 Å². The molecule has 1 rings (SSSR count). The number of quaternary nitrogens is 1. The fourth-order valence-electron chi connectivity index (χ4n) is 1.27. The van der Waals surface area contributed by atoms with Gasteiger partial charge in [-0.3, -0.25) is 4.55 Å². The normalized spacial score (nSPS) is 24.5. The van der Waals surface area contributed by atoms with Gasteiger partial charge in [0, 0.05) is 7.05 Å². The summed E-state index contributed by atoms with van der Waals surface area (Å²) in [7, 11) is 0.165. The van der Waals surface area contributed by atoms with Crippen LogP contribution in [0.15, 0.2) is 0 Å². The van der Waals surface area contributed by atoms with E-state index in [9.17, 15) is 8.42 Å². The lowest BCUT2D eigenvalue weighted by atomic mass is 10.5. The van der Waals surface area contributed by atoms with E-state index in [1.807, 2.05) is 0 Å². The van der Waals surface area contributed by atoms with Crippen LogP contribution in [0, 0.1) is 0 Å². The second kappa shape index (κ2) is 7.61. The zero-order valence-corrected chi connectivity index (χ0v) is 13.6. The van der Waals surface area contributed by atoms with Crippen molar-refractivity contribution in [2.45, 2.75) is 13.8 Å². The van der Waals surface area contributed by atoms with Crippen LogP contribution >= 0.6 is 24.0 Å². The number of rotatable bonds is 3. The summed E-state index contributed by atoms with van der Waals surface area (Å²) in [5.41, 5.74) is 0. The molecule has 1 aliphatic rings. The van der Waals surface area contributed by atoms with E-state index in [1.54, 1.807) is 11.8 Å². The third kappa shape index (κ3) is 7.49. The number of hydrogen-bond acceptors (Lipinski definition) is 5. The van der Waals surface area contributed by atoms with Gasteiger partial charge in [-0.1, -0.05) is 12.2 Å². The maximum atomic E-state index is 9.56. The molecule has 0 bridgehead atoms. The molecule has 1 atom stereocenters. The van der Waals surface area contributed by atoms with Crippen LogP contribution in [0.1, 0.15) is 13.8 Å². The number of thioether (sulfide) groups is 1. The van der Waals surface area contributed by atoms with Crippen molar-refractivity contribution in [1.29, 1.82) is 0 Å². The maximum absolute atomic E-state index is 9.56. The Hall–Kier alpha value is 0.0700. The number of thiocarbonyl (C=S) groups is 1. The number of nitrogens with zero attached hydrogens (tertiary/aromatic N) is 2. The summed E-state index contributed by atoms with van der Waals surface area (Å²) in [5.74, 6) is 1.12. The van der Waals surface area contributed by atoms with Crippen molar-refractivity contribution in [1.82, 2.24) is 4.90 Å². The first-order valence-electron chi connectivity index (χ1n) is 5.47. The summed E-state index contributed by atoms with van der Waals surface area (Å²) in [5, 5.41) is 0. The number of hydrogen-bond donors (Lipinski definition) is 1. The molecule has 0 aromatic carbocycles. The Morgan fingerprint density at radius 2 is 2.11 bits per heavy atom. The Kier molecular flexibility index (Phi) is 7.64. The van der Waals surface area contributed by atoms with Gasteiger partial charge in [-0.15, -0.1) is 0 Å². The van der Waals surface area contributed by atoms with Crippen LogP contribution in [0.4, 0.5) is 0 Å². The molecule has 9 heteroatoms. The molecule has 6 nitrogen and oxygen atoms in total. The largest absolute Gasteiger partial charge is 0.397 e. The van der Waals surface area contributed by atoms with Gasteiger partial charge in [-0.2, -0.15) is 8.42 Å². The van der Waals surface area contributed by atoms with Gasteiger partial charge < -0.3 is 9.38 Å². The lowest BCUT2D eigenvalue weighted by Crippen LogP contribution is -2.54. The van der Waals surface area contributed by atoms with E-state index in [4.69, 9.17) is 16.8 Å². The quantitative estimate of drug-likeness (QED) is 0.476. The standard InChI is InChI=1S/C7H15N2S2.C2H6O4S/c1-4-9(3)5-8(2)7(10)11-6-9;1-2-6-7(3,4)5/h4-6H2,1-3H3;2H2,1H3,(H,3,4,5)/q+1;. The van der Waals surface area contributed by atoms with Crippen molar-refractivity contribution >= 4 is 38.7 Å². The fraction of sp³-hybridized carbons (Fsp3) is 0.889. The molecule has 1 N–H and O–H groups in total. The Bertz CT molecular complexity index is 374. The predicted molar refractivity (Wildman–Crippen MR) is 77.6 cm³/mol. The van der Waals surface area contributed by atoms with Crippen LogP contribution < -0.4 is 0 Å². The van der Waals surface area contributed by atoms with Crippen molar-refractivity contribution in [2.24, 2.45) is 0 Å². The van der Waals surface area contributed by atoms with Crippen molar-refractivity contribution in [3.05, 3.63) is 0 Å². The highest BCUT2D eigenvalue weighted by atomic mass is 32.3. The average molecular weight is 317 g/mol. The first-order chi connectivity index (χ1) is 8.13. The average Bonchev–Trinajstić information content (AvgIpc) is 2.23. The summed E-state index contributed by atoms with van der Waals surface area (Å²) in [6.07, 6.45) is 0. The Morgan fingerprint density at radius 1 is 1.56 bits per heavy atom. The van der Waals surface area contributed by atoms with Crippen LogP contribution in [-0.4, -0.2) is 66.5 Å². The molecule has 1 saturated heterocycles. The SMILES string of the molecule is CCOS(=O)(=O)O.CC[N+]1(C)CSC(=S)N(C)C1. The van der Waals surface area contributed by atoms with Crippen molar-refractivity contribution in [2.75, 3.05) is 39.8 Å². The molecule has 108 valence electrons. The highest BCUT2D eigenvalue weighted by Crippen LogP contribution is 2.21. The fourth-order valence-corrected chi connectivity index (χ4v) is 2.75. The summed E-state index contributed by atoms with van der Waals surface area (Å²) in [6, 6.07) is 0. The molecule has 1 fully saturated rings. The smallest absolute Gasteiger partial charge is 0.313 e. The van der Waals surface area contributed by atoms with Gasteiger partial charge in [0.15, 0.2) is 6.67 Å². The van der Waals surface area contributed by atoms with Gasteiger partial charge in [0.1, 0.15) is 10.2 Å². The van der Waals surface area contributed by atoms with Gasteiger partial charge >= 0.3 is 10.4 Å². The zero-order valence-electron chi connectivity index (χ0n) is 11.1. The first kappa shape index (κ1) is 18.1. The minimum absolute atomic E-state index is 0.0289. The summed E-state index contributed by atoms with van der Waals surface area (Å²) < 4.78 is 32.8. The van der Waals surface area contributed by atoms with Crippen molar-refractivity contribution in [3.63, 3.8) is 0 Å². The van der Waals surface area contributed by atoms with Gasteiger partial charge in [-0.05, 0) is 25.6 Å². The Balaban J connectivity index is 0.000000360. The lowest BCUT2D eigenvalue weighted by molar-refractivity contribution is -0.904. The van der Waals surface area contributed by atoms with Crippen molar-refractivity contribution < 1.29 is 21.6 Å². The van der Waals surface area contributed by atoms with Crippen molar-refractivity contribution in [3.8, 4) is 0 Å². The molecule has 18 heavy (non-hydrogen) atoms. The molecular formula is C9H21N2O4S3+. The molecule has 1 aliphatic heterocycles. The van der Waals surface area contributed by atoms with Crippen LogP contribution in [0.2, 0.25) is 0 Å². The minimum atomic E-state index is -4.17. The second-order valence-corrected chi connectivity index (χ2v) is 6.82. The van der Waals surface area contributed by atoms with Crippen LogP contribution in [0.3, 0.4) is 0 Å². The highest BCUT2D eigenvalue weighted by molar-refractivity contribution is 8.22. The topological polar surface area (TPSA) is 66.8 Å². The van der Waals surface area contributed by atoms with Crippen LogP contribution in [-0.2, 0) is 14.6 Å². The molecule has 1 unspecified atom stereocenters. The van der Waals surface area contributed by atoms with Crippen LogP contribution in [0.25, 0.3) is 0 Å². The Labute approximate surface area is 119 Å². The van der Waals surface area contributed by atoms with Gasteiger partial charge in [0.05, 0.1) is 20.2 Å². The molecule has 0 saturated carbocycles. The molecule has 1 heterocycles. The van der Waals surface area contributed by atoms with E-state index in [0.717, 1.165) is 21.3 Å². The van der Waals surface area contributed by atoms with E-state index in [1.165, 1.54) is 13.5 Å². The summed E-state index contributed by atoms with van der Waals surface area (Å²) in [4.78, 5) is 2.16. The van der Waals surface area contributed by atoms with E-state index in [2.05, 4.69) is 30.1 Å². The molecule has 0 amide bonds. The van der Waals surface area contributed by atoms with Gasteiger partial charge in [0.2, 0.25) is 0 Å². The van der Waals surface area contributed by atoms with Crippen LogP contribution in [0.5, 0.6) is 0 Å². The summed E-state index contributed by atoms with van der Waals surface area (Å²) >= 11 is 6.95. The monoisotopic (exact) mass is 317 g/mol.